The third-order valence-corrected chi connectivity index (χ3v) is 8.85. The van der Waals surface area contributed by atoms with Gasteiger partial charge in [-0.3, -0.25) is 45.4 Å². The predicted molar refractivity (Wildman–Crippen MR) is 160 cm³/mol. The molecule has 1 heterocycles. The number of nitrogens with zero attached hydrogens (tertiary/aromatic N) is 5. The first-order valence-corrected chi connectivity index (χ1v) is 13.7. The molecule has 0 spiro atoms. The average Bonchev–Trinajstić information content (AvgIpc) is 3.31. The van der Waals surface area contributed by atoms with Crippen LogP contribution in [0, 0.1) is 42.2 Å². The normalized spacial score (nSPS) is 22.6. The SMILES string of the molecule is O=C1[C@@H]2[C@@H](C(=O)N1c1ccccc1[N+](=O)[O-])C1c3ccccc3C2(/C=N\Nc2ccc([N+](=O)[O-])cc2[N+](=O)[O-])c2ccccc21. The summed E-state index contributed by atoms with van der Waals surface area (Å²) in [7, 11) is 0. The number of nitrogens with one attached hydrogen (secondary N) is 1. The maximum Gasteiger partial charge on any atom is 0.301 e. The van der Waals surface area contributed by atoms with Gasteiger partial charge in [-0.05, 0) is 34.4 Å². The van der Waals surface area contributed by atoms with E-state index < -0.39 is 66.8 Å². The van der Waals surface area contributed by atoms with E-state index in [-0.39, 0.29) is 11.4 Å². The van der Waals surface area contributed by atoms with Gasteiger partial charge in [-0.25, -0.2) is 4.90 Å². The number of imide groups is 1. The van der Waals surface area contributed by atoms with Crippen LogP contribution in [0.1, 0.15) is 28.2 Å². The van der Waals surface area contributed by atoms with Gasteiger partial charge in [-0.2, -0.15) is 5.10 Å². The average molecular weight is 605 g/mol. The van der Waals surface area contributed by atoms with Crippen molar-refractivity contribution in [1.82, 2.24) is 0 Å². The van der Waals surface area contributed by atoms with Crippen molar-refractivity contribution < 1.29 is 24.4 Å². The minimum atomic E-state index is -1.36. The second kappa shape index (κ2) is 9.87. The highest BCUT2D eigenvalue weighted by Crippen LogP contribution is 2.64. The molecule has 0 saturated carbocycles. The van der Waals surface area contributed by atoms with Crippen molar-refractivity contribution in [3.63, 3.8) is 0 Å². The van der Waals surface area contributed by atoms with Crippen molar-refractivity contribution in [2.45, 2.75) is 11.3 Å². The van der Waals surface area contributed by atoms with Gasteiger partial charge in [0.05, 0.1) is 38.1 Å². The first-order valence-electron chi connectivity index (χ1n) is 13.7. The fourth-order valence-corrected chi connectivity index (χ4v) is 7.18. The van der Waals surface area contributed by atoms with Gasteiger partial charge < -0.3 is 0 Å². The van der Waals surface area contributed by atoms with E-state index in [1.54, 1.807) is 12.1 Å². The molecule has 2 bridgehead atoms. The monoisotopic (exact) mass is 604 g/mol. The van der Waals surface area contributed by atoms with Crippen molar-refractivity contribution in [1.29, 1.82) is 0 Å². The first kappa shape index (κ1) is 27.5. The van der Waals surface area contributed by atoms with Crippen molar-refractivity contribution in [3.8, 4) is 0 Å². The van der Waals surface area contributed by atoms with E-state index in [2.05, 4.69) is 10.5 Å². The molecule has 0 unspecified atom stereocenters. The third kappa shape index (κ3) is 3.78. The van der Waals surface area contributed by atoms with E-state index in [1.165, 1.54) is 30.5 Å². The van der Waals surface area contributed by atoms with Gasteiger partial charge >= 0.3 is 5.69 Å². The third-order valence-electron chi connectivity index (χ3n) is 8.85. The fourth-order valence-electron chi connectivity index (χ4n) is 7.18. The summed E-state index contributed by atoms with van der Waals surface area (Å²) in [6.45, 7) is 0. The topological polar surface area (TPSA) is 191 Å². The minimum Gasteiger partial charge on any atom is -0.274 e. The minimum absolute atomic E-state index is 0.128. The molecular formula is C31H20N6O8. The van der Waals surface area contributed by atoms with Crippen LogP contribution in [0.3, 0.4) is 0 Å². The molecule has 1 saturated heterocycles. The Morgan fingerprint density at radius 1 is 0.733 bits per heavy atom. The van der Waals surface area contributed by atoms with Gasteiger partial charge in [0.2, 0.25) is 11.8 Å². The largest absolute Gasteiger partial charge is 0.301 e. The number of carbonyl (C=O) groups excluding carboxylic acids is 2. The van der Waals surface area contributed by atoms with Crippen LogP contribution in [-0.4, -0.2) is 32.8 Å². The Bertz CT molecular complexity index is 1980. The number of carbonyl (C=O) groups is 2. The summed E-state index contributed by atoms with van der Waals surface area (Å²) in [5.41, 5.74) is 2.52. The molecule has 4 aromatic carbocycles. The zero-order valence-corrected chi connectivity index (χ0v) is 23.0. The van der Waals surface area contributed by atoms with E-state index in [9.17, 15) is 39.9 Å². The number of hydrogen-bond donors (Lipinski definition) is 1. The highest BCUT2D eigenvalue weighted by molar-refractivity contribution is 6.25. The predicted octanol–water partition coefficient (Wildman–Crippen LogP) is 5.06. The molecule has 14 nitrogen and oxygen atoms in total. The lowest BCUT2D eigenvalue weighted by Crippen LogP contribution is -2.54. The molecule has 45 heavy (non-hydrogen) atoms. The lowest BCUT2D eigenvalue weighted by atomic mass is 9.47. The van der Waals surface area contributed by atoms with Gasteiger partial charge in [-0.15, -0.1) is 0 Å². The Kier molecular flexibility index (Phi) is 6.04. The molecule has 8 rings (SSSR count). The molecule has 2 atom stereocenters. The number of rotatable bonds is 7. The molecule has 2 amide bonds. The number of hydrogen-bond acceptors (Lipinski definition) is 10. The maximum atomic E-state index is 14.5. The zero-order chi connectivity index (χ0) is 31.6. The smallest absolute Gasteiger partial charge is 0.274 e. The molecule has 222 valence electrons. The molecule has 1 aliphatic heterocycles. The van der Waals surface area contributed by atoms with Crippen molar-refractivity contribution in [2.24, 2.45) is 16.9 Å². The van der Waals surface area contributed by atoms with Gasteiger partial charge in [0.1, 0.15) is 11.4 Å². The highest BCUT2D eigenvalue weighted by atomic mass is 16.6. The second-order valence-electron chi connectivity index (χ2n) is 10.9. The Morgan fingerprint density at radius 2 is 1.33 bits per heavy atom. The number of hydrazone groups is 1. The van der Waals surface area contributed by atoms with Crippen LogP contribution in [0.25, 0.3) is 0 Å². The van der Waals surface area contributed by atoms with Gasteiger partial charge in [0.25, 0.3) is 11.4 Å². The number of nitro benzene ring substituents is 3. The fraction of sp³-hybridized carbons (Fsp3) is 0.129. The summed E-state index contributed by atoms with van der Waals surface area (Å²) < 4.78 is 0. The lowest BCUT2D eigenvalue weighted by Gasteiger charge is -2.52. The van der Waals surface area contributed by atoms with E-state index in [4.69, 9.17) is 0 Å². The number of para-hydroxylation sites is 2. The summed E-state index contributed by atoms with van der Waals surface area (Å²) in [5, 5.41) is 39.2. The number of nitro groups is 3. The molecular weight excluding hydrogens is 584 g/mol. The Balaban J connectivity index is 1.42. The van der Waals surface area contributed by atoms with Crippen molar-refractivity contribution >= 4 is 46.5 Å². The van der Waals surface area contributed by atoms with Crippen LogP contribution in [-0.2, 0) is 15.0 Å². The number of anilines is 2. The van der Waals surface area contributed by atoms with E-state index >= 15 is 0 Å². The maximum absolute atomic E-state index is 14.5. The Labute approximate surface area is 253 Å². The highest BCUT2D eigenvalue weighted by Gasteiger charge is 2.68. The number of amides is 2. The van der Waals surface area contributed by atoms with Crippen LogP contribution in [0.2, 0.25) is 0 Å². The molecule has 1 N–H and O–H groups in total. The van der Waals surface area contributed by atoms with E-state index in [0.717, 1.165) is 34.2 Å². The molecule has 14 heteroatoms. The van der Waals surface area contributed by atoms with Crippen LogP contribution in [0.4, 0.5) is 28.4 Å². The Morgan fingerprint density at radius 3 is 1.96 bits per heavy atom. The van der Waals surface area contributed by atoms with Crippen LogP contribution >= 0.6 is 0 Å². The quantitative estimate of drug-likeness (QED) is 0.130. The van der Waals surface area contributed by atoms with E-state index in [0.29, 0.717) is 11.1 Å². The first-order chi connectivity index (χ1) is 21.7. The molecule has 4 aromatic rings. The summed E-state index contributed by atoms with van der Waals surface area (Å²) >= 11 is 0. The van der Waals surface area contributed by atoms with Gasteiger partial charge in [0.15, 0.2) is 0 Å². The summed E-state index contributed by atoms with van der Waals surface area (Å²) in [5.74, 6) is -3.73. The summed E-state index contributed by atoms with van der Waals surface area (Å²) in [4.78, 5) is 62.3. The molecule has 3 aliphatic carbocycles. The van der Waals surface area contributed by atoms with Gasteiger partial charge in [0, 0.05) is 24.3 Å². The zero-order valence-electron chi connectivity index (χ0n) is 23.0. The van der Waals surface area contributed by atoms with Crippen molar-refractivity contribution in [3.05, 3.63) is 144 Å². The van der Waals surface area contributed by atoms with Crippen LogP contribution in [0.15, 0.2) is 96.1 Å². The number of non-ortho nitro benzene ring substituents is 1. The van der Waals surface area contributed by atoms with Crippen LogP contribution in [0.5, 0.6) is 0 Å². The Hall–Kier alpha value is -6.31. The molecule has 0 aromatic heterocycles. The molecule has 0 radical (unpaired) electrons. The lowest BCUT2D eigenvalue weighted by molar-refractivity contribution is -0.393. The molecule has 4 aliphatic rings. The summed E-state index contributed by atoms with van der Waals surface area (Å²) in [6, 6.07) is 23.3. The van der Waals surface area contributed by atoms with E-state index in [1.807, 2.05) is 36.4 Å². The molecule has 1 fully saturated rings. The standard InChI is InChI=1S/C31H20N6O8/c38-29-27-26-18-7-1-3-9-20(18)31(21-10-4-2-8-19(21)26,16-32-33-22-14-13-17(35(40)41)15-25(22)37(44)45)28(27)30(39)34(29)23-11-5-6-12-24(23)36(42)43/h1-16,26-28,33H/b32-16-/t26?,27-,28-,31?/m0/s1. The number of benzene rings is 4. The second-order valence-corrected chi connectivity index (χ2v) is 10.9. The van der Waals surface area contributed by atoms with Gasteiger partial charge in [-0.1, -0.05) is 60.7 Å². The summed E-state index contributed by atoms with van der Waals surface area (Å²) in [6.07, 6.45) is 1.44. The van der Waals surface area contributed by atoms with Crippen molar-refractivity contribution in [2.75, 3.05) is 10.3 Å². The van der Waals surface area contributed by atoms with Crippen LogP contribution < -0.4 is 10.3 Å².